The topological polar surface area (TPSA) is 51.1 Å². The summed E-state index contributed by atoms with van der Waals surface area (Å²) < 4.78 is 6.16. The first-order valence-corrected chi connectivity index (χ1v) is 9.57. The summed E-state index contributed by atoms with van der Waals surface area (Å²) in [7, 11) is 4.00. The van der Waals surface area contributed by atoms with E-state index >= 15 is 0 Å². The Morgan fingerprint density at radius 2 is 1.85 bits per heavy atom. The van der Waals surface area contributed by atoms with Crippen LogP contribution >= 0.6 is 11.3 Å². The molecule has 0 atom stereocenters. The molecule has 0 saturated carbocycles. The number of benzene rings is 1. The van der Waals surface area contributed by atoms with Gasteiger partial charge >= 0.3 is 0 Å². The van der Waals surface area contributed by atoms with Gasteiger partial charge < -0.3 is 9.64 Å². The third-order valence-electron chi connectivity index (χ3n) is 4.09. The number of ether oxygens (including phenoxy) is 1. The Kier molecular flexibility index (Phi) is 4.83. The zero-order valence-corrected chi connectivity index (χ0v) is 16.3. The normalized spacial score (nSPS) is 11.3. The van der Waals surface area contributed by atoms with Crippen molar-refractivity contribution in [3.63, 3.8) is 0 Å². The lowest BCUT2D eigenvalue weighted by Crippen LogP contribution is -2.13. The number of rotatable bonds is 5. The Morgan fingerprint density at radius 3 is 2.56 bits per heavy atom. The Hall–Kier alpha value is -2.83. The second-order valence-electron chi connectivity index (χ2n) is 6.62. The third kappa shape index (κ3) is 3.82. The number of pyridine rings is 1. The molecule has 0 unspecified atom stereocenters. The first-order valence-electron chi connectivity index (χ1n) is 8.69. The molecule has 0 aliphatic heterocycles. The number of aromatic nitrogens is 3. The summed E-state index contributed by atoms with van der Waals surface area (Å²) in [5.74, 6) is 1.98. The Bertz CT molecular complexity index is 1060. The van der Waals surface area contributed by atoms with E-state index in [1.165, 1.54) is 0 Å². The zero-order valence-electron chi connectivity index (χ0n) is 15.5. The highest BCUT2D eigenvalue weighted by molar-refractivity contribution is 7.17. The van der Waals surface area contributed by atoms with E-state index in [1.54, 1.807) is 17.5 Å². The Labute approximate surface area is 162 Å². The largest absolute Gasteiger partial charge is 0.437 e. The number of aryl methyl sites for hydroxylation is 1. The van der Waals surface area contributed by atoms with Crippen LogP contribution in [0, 0.1) is 6.92 Å². The second-order valence-corrected chi connectivity index (χ2v) is 7.47. The van der Waals surface area contributed by atoms with Crippen molar-refractivity contribution < 1.29 is 4.74 Å². The zero-order chi connectivity index (χ0) is 18.8. The number of hydrogen-bond acceptors (Lipinski definition) is 6. The molecule has 5 nitrogen and oxygen atoms in total. The van der Waals surface area contributed by atoms with Crippen LogP contribution in [0.2, 0.25) is 0 Å². The summed E-state index contributed by atoms with van der Waals surface area (Å²) in [5.41, 5.74) is 3.16. The van der Waals surface area contributed by atoms with E-state index < -0.39 is 0 Å². The third-order valence-corrected chi connectivity index (χ3v) is 4.96. The molecule has 0 amide bonds. The highest BCUT2D eigenvalue weighted by Crippen LogP contribution is 2.39. The quantitative estimate of drug-likeness (QED) is 0.495. The van der Waals surface area contributed by atoms with Crippen LogP contribution in [-0.2, 0) is 6.54 Å². The van der Waals surface area contributed by atoms with Gasteiger partial charge in [0.25, 0.3) is 0 Å². The molecule has 4 aromatic rings. The van der Waals surface area contributed by atoms with Gasteiger partial charge in [0.2, 0.25) is 5.88 Å². The maximum Gasteiger partial charge on any atom is 0.232 e. The lowest BCUT2D eigenvalue weighted by molar-refractivity contribution is 0.385. The van der Waals surface area contributed by atoms with Gasteiger partial charge in [-0.1, -0.05) is 30.3 Å². The van der Waals surface area contributed by atoms with Crippen LogP contribution in [0.3, 0.4) is 0 Å². The van der Waals surface area contributed by atoms with Crippen LogP contribution in [0.25, 0.3) is 21.3 Å². The number of nitrogens with zero attached hydrogens (tertiary/aromatic N) is 4. The van der Waals surface area contributed by atoms with E-state index in [1.807, 2.05) is 56.3 Å². The summed E-state index contributed by atoms with van der Waals surface area (Å²) in [6, 6.07) is 14.1. The molecule has 0 spiro atoms. The fourth-order valence-corrected chi connectivity index (χ4v) is 3.79. The van der Waals surface area contributed by atoms with Crippen molar-refractivity contribution >= 4 is 21.6 Å². The summed E-state index contributed by atoms with van der Waals surface area (Å²) in [6.07, 6.45) is 1.73. The first-order chi connectivity index (χ1) is 13.1. The molecule has 3 aromatic heterocycles. The van der Waals surface area contributed by atoms with E-state index in [4.69, 9.17) is 14.7 Å². The van der Waals surface area contributed by atoms with Gasteiger partial charge in [-0.05, 0) is 38.7 Å². The van der Waals surface area contributed by atoms with Gasteiger partial charge in [-0.3, -0.25) is 4.98 Å². The van der Waals surface area contributed by atoms with Crippen LogP contribution in [0.4, 0.5) is 0 Å². The van der Waals surface area contributed by atoms with Crippen LogP contribution < -0.4 is 4.74 Å². The highest BCUT2D eigenvalue weighted by atomic mass is 32.1. The molecule has 27 heavy (non-hydrogen) atoms. The predicted molar refractivity (Wildman–Crippen MR) is 109 cm³/mol. The summed E-state index contributed by atoms with van der Waals surface area (Å²) in [6.45, 7) is 2.60. The molecule has 4 rings (SSSR count). The van der Waals surface area contributed by atoms with Gasteiger partial charge in [0.1, 0.15) is 16.4 Å². The van der Waals surface area contributed by atoms with E-state index in [9.17, 15) is 0 Å². The lowest BCUT2D eigenvalue weighted by Gasteiger charge is -2.12. The SMILES string of the molecule is Cc1ccc(Oc2nc(CN(C)C)nc3scc(-c4ccccc4)c23)cn1. The van der Waals surface area contributed by atoms with Gasteiger partial charge in [0.15, 0.2) is 0 Å². The minimum Gasteiger partial charge on any atom is -0.437 e. The molecule has 0 N–H and O–H groups in total. The maximum atomic E-state index is 6.16. The summed E-state index contributed by atoms with van der Waals surface area (Å²) >= 11 is 1.61. The maximum absolute atomic E-state index is 6.16. The number of hydrogen-bond donors (Lipinski definition) is 0. The van der Waals surface area contributed by atoms with Gasteiger partial charge in [0.05, 0.1) is 18.1 Å². The van der Waals surface area contributed by atoms with Gasteiger partial charge in [-0.2, -0.15) is 4.98 Å². The van der Waals surface area contributed by atoms with E-state index in [0.29, 0.717) is 18.2 Å². The van der Waals surface area contributed by atoms with Gasteiger partial charge in [0, 0.05) is 16.6 Å². The highest BCUT2D eigenvalue weighted by Gasteiger charge is 2.17. The Balaban J connectivity index is 1.86. The van der Waals surface area contributed by atoms with Crippen molar-refractivity contribution in [1.82, 2.24) is 19.9 Å². The molecule has 0 aliphatic rings. The monoisotopic (exact) mass is 376 g/mol. The van der Waals surface area contributed by atoms with Crippen LogP contribution in [-0.4, -0.2) is 33.9 Å². The van der Waals surface area contributed by atoms with Crippen molar-refractivity contribution in [2.24, 2.45) is 0 Å². The smallest absolute Gasteiger partial charge is 0.232 e. The predicted octanol–water partition coefficient (Wildman–Crippen LogP) is 4.92. The first kappa shape index (κ1) is 17.6. The van der Waals surface area contributed by atoms with Crippen molar-refractivity contribution in [3.05, 3.63) is 65.6 Å². The molecule has 0 saturated heterocycles. The molecule has 3 heterocycles. The summed E-state index contributed by atoms with van der Waals surface area (Å²) in [5, 5.41) is 3.06. The van der Waals surface area contributed by atoms with Gasteiger partial charge in [-0.15, -0.1) is 11.3 Å². The van der Waals surface area contributed by atoms with Crippen LogP contribution in [0.15, 0.2) is 54.0 Å². The molecular weight excluding hydrogens is 356 g/mol. The minimum absolute atomic E-state index is 0.572. The summed E-state index contributed by atoms with van der Waals surface area (Å²) in [4.78, 5) is 16.8. The van der Waals surface area contributed by atoms with Gasteiger partial charge in [-0.25, -0.2) is 4.98 Å². The minimum atomic E-state index is 0.572. The van der Waals surface area contributed by atoms with E-state index in [0.717, 1.165) is 32.9 Å². The molecular formula is C21H20N4OS. The molecule has 0 radical (unpaired) electrons. The molecule has 0 bridgehead atoms. The second kappa shape index (κ2) is 7.42. The van der Waals surface area contributed by atoms with Crippen molar-refractivity contribution in [2.75, 3.05) is 14.1 Å². The van der Waals surface area contributed by atoms with E-state index in [-0.39, 0.29) is 0 Å². The van der Waals surface area contributed by atoms with E-state index in [2.05, 4.69) is 22.5 Å². The number of fused-ring (bicyclic) bond motifs is 1. The van der Waals surface area contributed by atoms with Crippen LogP contribution in [0.1, 0.15) is 11.5 Å². The lowest BCUT2D eigenvalue weighted by atomic mass is 10.1. The van der Waals surface area contributed by atoms with Crippen LogP contribution in [0.5, 0.6) is 11.6 Å². The molecule has 0 aliphatic carbocycles. The van der Waals surface area contributed by atoms with Crippen molar-refractivity contribution in [2.45, 2.75) is 13.5 Å². The van der Waals surface area contributed by atoms with Crippen molar-refractivity contribution in [3.8, 4) is 22.8 Å². The fourth-order valence-electron chi connectivity index (χ4n) is 2.84. The Morgan fingerprint density at radius 1 is 1.04 bits per heavy atom. The molecule has 1 aromatic carbocycles. The molecule has 136 valence electrons. The average molecular weight is 376 g/mol. The van der Waals surface area contributed by atoms with Crippen molar-refractivity contribution in [1.29, 1.82) is 0 Å². The average Bonchev–Trinajstić information content (AvgIpc) is 3.08. The number of thiophene rings is 1. The molecule has 0 fully saturated rings. The fraction of sp³-hybridized carbons (Fsp3) is 0.190. The molecule has 6 heteroatoms. The standard InChI is InChI=1S/C21H20N4OS/c1-14-9-10-16(11-22-14)26-20-19-17(15-7-5-4-6-8-15)13-27-21(19)24-18(23-20)12-25(2)3/h4-11,13H,12H2,1-3H3.